The number of amides is 2. The number of halogens is 1. The molecule has 0 radical (unpaired) electrons. The highest BCUT2D eigenvalue weighted by atomic mass is 19.1. The van der Waals surface area contributed by atoms with Gasteiger partial charge >= 0.3 is 0 Å². The van der Waals surface area contributed by atoms with Gasteiger partial charge in [0.2, 0.25) is 5.91 Å². The van der Waals surface area contributed by atoms with Crippen molar-refractivity contribution in [3.8, 4) is 0 Å². The maximum atomic E-state index is 13.4. The van der Waals surface area contributed by atoms with E-state index in [-0.39, 0.29) is 17.6 Å². The molecule has 0 spiro atoms. The standard InChI is InChI=1S/C20H24FN3O2/c1-15-12-17(4-5-18(15)21)20(26)24-8-3-7-23(10-11-24)19(25)13-16-6-9-22(2)14-16/h4-6,9,12,14H,3,7-8,10-11,13H2,1-2H3. The van der Waals surface area contributed by atoms with Crippen LogP contribution in [0.2, 0.25) is 0 Å². The normalized spacial score (nSPS) is 15.0. The van der Waals surface area contributed by atoms with Crippen LogP contribution in [0.5, 0.6) is 0 Å². The molecule has 26 heavy (non-hydrogen) atoms. The third-order valence-corrected chi connectivity index (χ3v) is 4.79. The van der Waals surface area contributed by atoms with Crippen LogP contribution in [0.1, 0.15) is 27.9 Å². The van der Waals surface area contributed by atoms with Crippen LogP contribution in [0.3, 0.4) is 0 Å². The van der Waals surface area contributed by atoms with E-state index in [0.717, 1.165) is 12.0 Å². The number of aryl methyl sites for hydroxylation is 2. The molecule has 1 aliphatic rings. The van der Waals surface area contributed by atoms with Crippen LogP contribution in [0, 0.1) is 12.7 Å². The van der Waals surface area contributed by atoms with Gasteiger partial charge in [-0.2, -0.15) is 0 Å². The average Bonchev–Trinajstić information content (AvgIpc) is 2.87. The zero-order valence-corrected chi connectivity index (χ0v) is 15.2. The highest BCUT2D eigenvalue weighted by molar-refractivity contribution is 5.94. The summed E-state index contributed by atoms with van der Waals surface area (Å²) in [4.78, 5) is 28.8. The molecule has 0 aliphatic carbocycles. The minimum absolute atomic E-state index is 0.0862. The molecule has 5 nitrogen and oxygen atoms in total. The molecule has 1 saturated heterocycles. The molecule has 1 aliphatic heterocycles. The number of benzene rings is 1. The molecular formula is C20H24FN3O2. The van der Waals surface area contributed by atoms with Crippen LogP contribution in [-0.2, 0) is 18.3 Å². The summed E-state index contributed by atoms with van der Waals surface area (Å²) in [5, 5.41) is 0. The Labute approximate surface area is 153 Å². The topological polar surface area (TPSA) is 45.6 Å². The molecule has 3 rings (SSSR count). The van der Waals surface area contributed by atoms with Gasteiger partial charge < -0.3 is 14.4 Å². The lowest BCUT2D eigenvalue weighted by Gasteiger charge is -2.22. The van der Waals surface area contributed by atoms with Crippen molar-refractivity contribution in [3.05, 3.63) is 59.2 Å². The smallest absolute Gasteiger partial charge is 0.253 e. The Balaban J connectivity index is 1.61. The van der Waals surface area contributed by atoms with E-state index in [1.165, 1.54) is 12.1 Å². The van der Waals surface area contributed by atoms with Crippen LogP contribution < -0.4 is 0 Å². The summed E-state index contributed by atoms with van der Waals surface area (Å²) in [5.41, 5.74) is 1.95. The number of aromatic nitrogens is 1. The van der Waals surface area contributed by atoms with Gasteiger partial charge in [0.25, 0.3) is 5.91 Å². The monoisotopic (exact) mass is 357 g/mol. The highest BCUT2D eigenvalue weighted by Gasteiger charge is 2.23. The molecule has 2 heterocycles. The molecule has 1 fully saturated rings. The molecule has 2 aromatic rings. The number of rotatable bonds is 3. The minimum atomic E-state index is -0.310. The molecule has 0 bridgehead atoms. The Morgan fingerprint density at radius 3 is 2.50 bits per heavy atom. The van der Waals surface area contributed by atoms with E-state index < -0.39 is 0 Å². The Morgan fingerprint density at radius 1 is 1.08 bits per heavy atom. The number of hydrogen-bond donors (Lipinski definition) is 0. The fourth-order valence-corrected chi connectivity index (χ4v) is 3.28. The summed E-state index contributed by atoms with van der Waals surface area (Å²) in [6, 6.07) is 6.38. The lowest BCUT2D eigenvalue weighted by molar-refractivity contribution is -0.130. The maximum Gasteiger partial charge on any atom is 0.253 e. The second-order valence-corrected chi connectivity index (χ2v) is 6.85. The quantitative estimate of drug-likeness (QED) is 0.847. The van der Waals surface area contributed by atoms with Crippen molar-refractivity contribution in [2.45, 2.75) is 19.8 Å². The molecule has 0 atom stereocenters. The van der Waals surface area contributed by atoms with Crippen LogP contribution >= 0.6 is 0 Å². The first kappa shape index (κ1) is 18.2. The van der Waals surface area contributed by atoms with Crippen molar-refractivity contribution >= 4 is 11.8 Å². The van der Waals surface area contributed by atoms with Crippen molar-refractivity contribution in [1.29, 1.82) is 0 Å². The van der Waals surface area contributed by atoms with Crippen molar-refractivity contribution in [1.82, 2.24) is 14.4 Å². The Kier molecular flexibility index (Phi) is 5.40. The minimum Gasteiger partial charge on any atom is -0.357 e. The van der Waals surface area contributed by atoms with E-state index in [0.29, 0.717) is 43.7 Å². The van der Waals surface area contributed by atoms with Gasteiger partial charge in [-0.3, -0.25) is 9.59 Å². The third-order valence-electron chi connectivity index (χ3n) is 4.79. The van der Waals surface area contributed by atoms with E-state index >= 15 is 0 Å². The molecule has 138 valence electrons. The summed E-state index contributed by atoms with van der Waals surface area (Å²) >= 11 is 0. The van der Waals surface area contributed by atoms with Gasteiger partial charge in [-0.25, -0.2) is 4.39 Å². The van der Waals surface area contributed by atoms with E-state index in [1.807, 2.05) is 35.0 Å². The zero-order valence-electron chi connectivity index (χ0n) is 15.2. The second-order valence-electron chi connectivity index (χ2n) is 6.85. The fraction of sp³-hybridized carbons (Fsp3) is 0.400. The summed E-state index contributed by atoms with van der Waals surface area (Å²) < 4.78 is 15.3. The number of carbonyl (C=O) groups excluding carboxylic acids is 2. The maximum absolute atomic E-state index is 13.4. The molecule has 2 amide bonds. The molecule has 0 unspecified atom stereocenters. The molecule has 0 saturated carbocycles. The van der Waals surface area contributed by atoms with Gasteiger partial charge in [0.05, 0.1) is 6.42 Å². The summed E-state index contributed by atoms with van der Waals surface area (Å²) in [6.07, 6.45) is 5.00. The highest BCUT2D eigenvalue weighted by Crippen LogP contribution is 2.14. The second kappa shape index (κ2) is 7.72. The van der Waals surface area contributed by atoms with E-state index in [4.69, 9.17) is 0 Å². The predicted molar refractivity (Wildman–Crippen MR) is 97.4 cm³/mol. The first-order valence-electron chi connectivity index (χ1n) is 8.88. The molecule has 1 aromatic heterocycles. The van der Waals surface area contributed by atoms with Crippen LogP contribution in [0.25, 0.3) is 0 Å². The van der Waals surface area contributed by atoms with Crippen LogP contribution in [-0.4, -0.2) is 52.4 Å². The first-order chi connectivity index (χ1) is 12.4. The number of hydrogen-bond acceptors (Lipinski definition) is 2. The lowest BCUT2D eigenvalue weighted by atomic mass is 10.1. The summed E-state index contributed by atoms with van der Waals surface area (Å²) in [5.74, 6) is -0.330. The first-order valence-corrected chi connectivity index (χ1v) is 8.88. The summed E-state index contributed by atoms with van der Waals surface area (Å²) in [7, 11) is 1.93. The fourth-order valence-electron chi connectivity index (χ4n) is 3.28. The van der Waals surface area contributed by atoms with Gasteiger partial charge in [-0.1, -0.05) is 0 Å². The predicted octanol–water partition coefficient (Wildman–Crippen LogP) is 2.39. The average molecular weight is 357 g/mol. The Bertz CT molecular complexity index is 815. The summed E-state index contributed by atoms with van der Waals surface area (Å²) in [6.45, 7) is 3.92. The molecule has 0 N–H and O–H groups in total. The van der Waals surface area contributed by atoms with Crippen molar-refractivity contribution in [2.75, 3.05) is 26.2 Å². The van der Waals surface area contributed by atoms with Crippen LogP contribution in [0.15, 0.2) is 36.7 Å². The Hall–Kier alpha value is -2.63. The van der Waals surface area contributed by atoms with Crippen molar-refractivity contribution in [3.63, 3.8) is 0 Å². The molecular weight excluding hydrogens is 333 g/mol. The number of nitrogens with zero attached hydrogens (tertiary/aromatic N) is 3. The van der Waals surface area contributed by atoms with Gasteiger partial charge in [0.15, 0.2) is 0 Å². The lowest BCUT2D eigenvalue weighted by Crippen LogP contribution is -2.38. The van der Waals surface area contributed by atoms with E-state index in [1.54, 1.807) is 17.9 Å². The van der Waals surface area contributed by atoms with E-state index in [9.17, 15) is 14.0 Å². The van der Waals surface area contributed by atoms with Gasteiger partial charge in [0, 0.05) is 51.2 Å². The molecule has 1 aromatic carbocycles. The number of carbonyl (C=O) groups is 2. The zero-order chi connectivity index (χ0) is 18.7. The van der Waals surface area contributed by atoms with Gasteiger partial charge in [0.1, 0.15) is 5.82 Å². The van der Waals surface area contributed by atoms with Gasteiger partial charge in [-0.15, -0.1) is 0 Å². The SMILES string of the molecule is Cc1cc(C(=O)N2CCCN(C(=O)Cc3ccn(C)c3)CC2)ccc1F. The van der Waals surface area contributed by atoms with Gasteiger partial charge in [-0.05, 0) is 48.7 Å². The van der Waals surface area contributed by atoms with E-state index in [2.05, 4.69) is 0 Å². The Morgan fingerprint density at radius 2 is 1.81 bits per heavy atom. The van der Waals surface area contributed by atoms with Crippen LogP contribution in [0.4, 0.5) is 4.39 Å². The third kappa shape index (κ3) is 4.12. The molecule has 6 heteroatoms. The van der Waals surface area contributed by atoms with Crippen molar-refractivity contribution < 1.29 is 14.0 Å². The van der Waals surface area contributed by atoms with Crippen molar-refractivity contribution in [2.24, 2.45) is 7.05 Å². The largest absolute Gasteiger partial charge is 0.357 e.